The minimum Gasteiger partial charge on any atom is -0.463 e. The Hall–Kier alpha value is -4.57. The van der Waals surface area contributed by atoms with E-state index in [1.807, 2.05) is 0 Å². The van der Waals surface area contributed by atoms with Crippen LogP contribution in [0.3, 0.4) is 0 Å². The van der Waals surface area contributed by atoms with Crippen LogP contribution in [0.1, 0.15) is 329 Å². The molecule has 105 heavy (non-hydrogen) atoms. The van der Waals surface area contributed by atoms with Crippen LogP contribution in [-0.4, -0.2) is 95.9 Å². The predicted molar refractivity (Wildman–Crippen MR) is 436 cm³/mol. The van der Waals surface area contributed by atoms with Crippen LogP contribution in [0.5, 0.6) is 0 Å². The molecular weight excluding hydrogens is 1360 g/mol. The zero-order valence-electron chi connectivity index (χ0n) is 65.9. The Morgan fingerprint density at radius 2 is 0.505 bits per heavy atom. The molecular formula is C87H148O16P2. The molecule has 0 saturated carbocycles. The fraction of sp³-hybridized carbons (Fsp3) is 0.690. The standard InChI is InChI=1S/C87H148O16P2/c1-4-7-10-13-16-19-22-24-26-28-30-32-34-36-38-39-40-41-43-45-46-48-50-52-54-56-59-61-64-67-70-73-85(90)97-76-82(88)77-99-104(93,94)100-78-83(89)79-101-105(95,96)102-81-84(103-87(92)75-72-69-66-63-58-21-18-15-12-9-6-3)80-98-86(91)74-71-68-65-62-60-57-55-53-51-49-47-44-42-37-35-33-31-29-27-25-23-20-17-14-11-8-5-2/h7-8,10-11,16-17,19-20,24-27,30-33,36-38,40-42,47,49,82-84,88-89H,4-6,9,12-15,18,21-23,28-29,34-35,39,43-46,48,50-81H2,1-3H3,(H,93,94)(H,95,96)/b10-7-,11-8-,19-16-,20-17-,26-24-,27-25-,32-30-,33-31-,38-36-,41-40-,42-37-,49-47-. The molecule has 0 amide bonds. The second-order valence-corrected chi connectivity index (χ2v) is 30.1. The number of aliphatic hydroxyl groups excluding tert-OH is 2. The van der Waals surface area contributed by atoms with Crippen LogP contribution in [0.4, 0.5) is 0 Å². The third kappa shape index (κ3) is 80.3. The number of aliphatic hydroxyl groups is 2. The van der Waals surface area contributed by atoms with Gasteiger partial charge >= 0.3 is 33.6 Å². The van der Waals surface area contributed by atoms with Crippen molar-refractivity contribution in [3.05, 3.63) is 146 Å². The Morgan fingerprint density at radius 3 is 0.800 bits per heavy atom. The Kier molecular flexibility index (Phi) is 75.6. The van der Waals surface area contributed by atoms with Crippen molar-refractivity contribution in [1.82, 2.24) is 0 Å². The van der Waals surface area contributed by atoms with E-state index in [0.717, 1.165) is 167 Å². The zero-order chi connectivity index (χ0) is 76.6. The molecule has 0 aliphatic carbocycles. The summed E-state index contributed by atoms with van der Waals surface area (Å²) in [5.74, 6) is -1.58. The van der Waals surface area contributed by atoms with Gasteiger partial charge in [0.05, 0.1) is 26.4 Å². The fourth-order valence-electron chi connectivity index (χ4n) is 10.9. The Balaban J connectivity index is 4.44. The number of carbonyl (C=O) groups excluding carboxylic acids is 3. The van der Waals surface area contributed by atoms with Crippen molar-refractivity contribution in [2.75, 3.05) is 39.6 Å². The summed E-state index contributed by atoms with van der Waals surface area (Å²) in [6.07, 6.45) is 97.6. The maximum absolute atomic E-state index is 12.9. The van der Waals surface area contributed by atoms with Crippen LogP contribution in [0.2, 0.25) is 0 Å². The summed E-state index contributed by atoms with van der Waals surface area (Å²) in [5, 5.41) is 20.6. The normalized spacial score (nSPS) is 14.7. The number of hydrogen-bond acceptors (Lipinski definition) is 14. The summed E-state index contributed by atoms with van der Waals surface area (Å²) in [5.41, 5.74) is 0. The summed E-state index contributed by atoms with van der Waals surface area (Å²) < 4.78 is 61.1. The SMILES string of the molecule is CC/C=C\C/C=C\C/C=C\C/C=C\C/C=C\C/C=C\CCCCCCCCCCCCCCC(=O)OCC(O)COP(=O)(O)OCC(O)COP(=O)(O)OCC(COC(=O)CCCCCCCCCC/C=C\C/C=C\C/C=C\C/C=C\C/C=C\C/C=C\CC)OC(=O)CCCCCCCCCCCCC. The molecule has 0 spiro atoms. The molecule has 0 bridgehead atoms. The van der Waals surface area contributed by atoms with Crippen molar-refractivity contribution >= 4 is 33.6 Å². The van der Waals surface area contributed by atoms with E-state index < -0.39 is 91.5 Å². The quantitative estimate of drug-likeness (QED) is 0.0146. The van der Waals surface area contributed by atoms with Gasteiger partial charge in [0.1, 0.15) is 25.4 Å². The van der Waals surface area contributed by atoms with Crippen LogP contribution < -0.4 is 0 Å². The first-order valence-electron chi connectivity index (χ1n) is 41.1. The number of phosphoric ester groups is 2. The summed E-state index contributed by atoms with van der Waals surface area (Å²) in [6, 6.07) is 0. The molecule has 0 aromatic heterocycles. The largest absolute Gasteiger partial charge is 0.472 e. The Morgan fingerprint density at radius 1 is 0.276 bits per heavy atom. The number of carbonyl (C=O) groups is 3. The van der Waals surface area contributed by atoms with Gasteiger partial charge < -0.3 is 34.2 Å². The topological polar surface area (TPSA) is 231 Å². The van der Waals surface area contributed by atoms with E-state index in [1.165, 1.54) is 103 Å². The molecule has 0 aromatic rings. The summed E-state index contributed by atoms with van der Waals surface area (Å²) in [7, 11) is -9.79. The maximum Gasteiger partial charge on any atom is 0.472 e. The van der Waals surface area contributed by atoms with E-state index in [9.17, 15) is 43.5 Å². The number of rotatable bonds is 77. The molecule has 0 aromatic carbocycles. The first-order chi connectivity index (χ1) is 51.2. The van der Waals surface area contributed by atoms with Gasteiger partial charge in [0, 0.05) is 19.3 Å². The molecule has 18 heteroatoms. The fourth-order valence-corrected chi connectivity index (χ4v) is 12.5. The second-order valence-electron chi connectivity index (χ2n) is 27.2. The average Bonchev–Trinajstić information content (AvgIpc) is 0.918. The van der Waals surface area contributed by atoms with E-state index in [-0.39, 0.29) is 19.3 Å². The predicted octanol–water partition coefficient (Wildman–Crippen LogP) is 24.4. The highest BCUT2D eigenvalue weighted by atomic mass is 31.2. The smallest absolute Gasteiger partial charge is 0.463 e. The summed E-state index contributed by atoms with van der Waals surface area (Å²) >= 11 is 0. The number of hydrogen-bond donors (Lipinski definition) is 4. The lowest BCUT2D eigenvalue weighted by molar-refractivity contribution is -0.161. The number of unbranched alkanes of at least 4 members (excludes halogenated alkanes) is 30. The van der Waals surface area contributed by atoms with Gasteiger partial charge in [0.15, 0.2) is 6.10 Å². The van der Waals surface area contributed by atoms with E-state index in [0.29, 0.717) is 19.3 Å². The third-order valence-corrected chi connectivity index (χ3v) is 19.0. The number of esters is 3. The van der Waals surface area contributed by atoms with Gasteiger partial charge in [-0.3, -0.25) is 32.5 Å². The lowest BCUT2D eigenvalue weighted by Gasteiger charge is -2.21. The highest BCUT2D eigenvalue weighted by Crippen LogP contribution is 2.45. The van der Waals surface area contributed by atoms with Crippen molar-refractivity contribution in [2.45, 2.75) is 347 Å². The monoisotopic (exact) mass is 1510 g/mol. The average molecular weight is 1510 g/mol. The van der Waals surface area contributed by atoms with E-state index in [2.05, 4.69) is 167 Å². The van der Waals surface area contributed by atoms with Gasteiger partial charge in [-0.25, -0.2) is 9.13 Å². The molecule has 0 fully saturated rings. The molecule has 4 N–H and O–H groups in total. The van der Waals surface area contributed by atoms with E-state index in [1.54, 1.807) is 0 Å². The first-order valence-corrected chi connectivity index (χ1v) is 44.1. The highest BCUT2D eigenvalue weighted by molar-refractivity contribution is 7.47. The molecule has 602 valence electrons. The molecule has 0 heterocycles. The zero-order valence-corrected chi connectivity index (χ0v) is 67.6. The second kappa shape index (κ2) is 79.0. The van der Waals surface area contributed by atoms with Crippen LogP contribution in [0.25, 0.3) is 0 Å². The summed E-state index contributed by atoms with van der Waals surface area (Å²) in [4.78, 5) is 58.6. The lowest BCUT2D eigenvalue weighted by atomic mass is 10.0. The minimum absolute atomic E-state index is 0.103. The van der Waals surface area contributed by atoms with Gasteiger partial charge in [-0.15, -0.1) is 0 Å². The first kappa shape index (κ1) is 100. The molecule has 0 radical (unpaired) electrons. The van der Waals surface area contributed by atoms with Gasteiger partial charge in [0.2, 0.25) is 0 Å². The lowest BCUT2D eigenvalue weighted by Crippen LogP contribution is -2.30. The molecule has 0 rings (SSSR count). The van der Waals surface area contributed by atoms with Gasteiger partial charge in [-0.1, -0.05) is 334 Å². The van der Waals surface area contributed by atoms with Gasteiger partial charge in [0.25, 0.3) is 0 Å². The molecule has 16 nitrogen and oxygen atoms in total. The minimum atomic E-state index is -4.93. The van der Waals surface area contributed by atoms with Crippen molar-refractivity contribution in [3.63, 3.8) is 0 Å². The summed E-state index contributed by atoms with van der Waals surface area (Å²) in [6.45, 7) is 2.45. The van der Waals surface area contributed by atoms with Crippen LogP contribution in [-0.2, 0) is 55.8 Å². The maximum atomic E-state index is 12.9. The number of phosphoric acid groups is 2. The van der Waals surface area contributed by atoms with Crippen LogP contribution >= 0.6 is 15.6 Å². The van der Waals surface area contributed by atoms with Crippen molar-refractivity contribution in [2.24, 2.45) is 0 Å². The van der Waals surface area contributed by atoms with Crippen molar-refractivity contribution < 1.29 is 75.8 Å². The molecule has 0 aliphatic heterocycles. The Labute approximate surface area is 638 Å². The number of ether oxygens (including phenoxy) is 3. The van der Waals surface area contributed by atoms with E-state index in [4.69, 9.17) is 32.3 Å². The molecule has 5 unspecified atom stereocenters. The number of allylic oxidation sites excluding steroid dienone is 24. The van der Waals surface area contributed by atoms with Crippen LogP contribution in [0, 0.1) is 0 Å². The van der Waals surface area contributed by atoms with Crippen LogP contribution in [0.15, 0.2) is 146 Å². The molecule has 5 atom stereocenters. The van der Waals surface area contributed by atoms with Crippen molar-refractivity contribution in [1.29, 1.82) is 0 Å². The van der Waals surface area contributed by atoms with Crippen molar-refractivity contribution in [3.8, 4) is 0 Å². The molecule has 0 saturated heterocycles. The Bertz CT molecular complexity index is 2490. The van der Waals surface area contributed by atoms with Gasteiger partial charge in [-0.05, 0) is 122 Å². The van der Waals surface area contributed by atoms with E-state index >= 15 is 0 Å². The molecule has 0 aliphatic rings. The highest BCUT2D eigenvalue weighted by Gasteiger charge is 2.29. The van der Waals surface area contributed by atoms with Gasteiger partial charge in [-0.2, -0.15) is 0 Å². The third-order valence-electron chi connectivity index (χ3n) is 17.1.